The van der Waals surface area contributed by atoms with Crippen molar-refractivity contribution in [2.24, 2.45) is 0 Å². The first-order valence-electron chi connectivity index (χ1n) is 9.32. The van der Waals surface area contributed by atoms with E-state index < -0.39 is 33.0 Å². The van der Waals surface area contributed by atoms with Gasteiger partial charge in [0.25, 0.3) is 10.0 Å². The van der Waals surface area contributed by atoms with E-state index in [1.54, 1.807) is 24.3 Å². The van der Waals surface area contributed by atoms with Gasteiger partial charge in [-0.2, -0.15) is 0 Å². The molecule has 168 valence electrons. The summed E-state index contributed by atoms with van der Waals surface area (Å²) in [5.74, 6) is -1.83. The fourth-order valence-electron chi connectivity index (χ4n) is 2.98. The van der Waals surface area contributed by atoms with E-state index in [0.29, 0.717) is 12.8 Å². The van der Waals surface area contributed by atoms with Crippen molar-refractivity contribution in [2.75, 3.05) is 4.72 Å². The molecule has 6 nitrogen and oxygen atoms in total. The number of sulfonamides is 1. The Hall–Kier alpha value is -3.53. The number of carboxylic acids is 1. The number of carboxylic acid groups (broad SMARTS) is 1. The Morgan fingerprint density at radius 1 is 0.906 bits per heavy atom. The van der Waals surface area contributed by atoms with Gasteiger partial charge in [0, 0.05) is 5.69 Å². The van der Waals surface area contributed by atoms with Gasteiger partial charge in [-0.05, 0) is 60.4 Å². The summed E-state index contributed by atoms with van der Waals surface area (Å²) >= 11 is 0. The summed E-state index contributed by atoms with van der Waals surface area (Å²) < 4.78 is 68.9. The van der Waals surface area contributed by atoms with Gasteiger partial charge in [0.05, 0.1) is 5.56 Å². The van der Waals surface area contributed by atoms with Crippen LogP contribution < -0.4 is 9.46 Å². The summed E-state index contributed by atoms with van der Waals surface area (Å²) in [6.45, 7) is 0. The highest BCUT2D eigenvalue weighted by Gasteiger charge is 2.34. The molecule has 3 aromatic rings. The average molecular weight is 465 g/mol. The van der Waals surface area contributed by atoms with Crippen LogP contribution in [0.25, 0.3) is 0 Å². The zero-order valence-electron chi connectivity index (χ0n) is 16.5. The molecule has 0 aliphatic rings. The average Bonchev–Trinajstić information content (AvgIpc) is 2.72. The van der Waals surface area contributed by atoms with Crippen molar-refractivity contribution in [1.82, 2.24) is 0 Å². The van der Waals surface area contributed by atoms with Crippen molar-refractivity contribution in [3.63, 3.8) is 0 Å². The van der Waals surface area contributed by atoms with E-state index in [9.17, 15) is 26.4 Å². The zero-order valence-corrected chi connectivity index (χ0v) is 17.3. The number of carbonyl (C=O) groups is 1. The van der Waals surface area contributed by atoms with E-state index in [-0.39, 0.29) is 11.3 Å². The number of halogens is 3. The van der Waals surface area contributed by atoms with Gasteiger partial charge in [-0.25, -0.2) is 13.2 Å². The highest BCUT2D eigenvalue weighted by Crippen LogP contribution is 2.30. The molecule has 0 spiro atoms. The van der Waals surface area contributed by atoms with Crippen molar-refractivity contribution in [3.05, 3.63) is 89.5 Å². The Morgan fingerprint density at radius 3 is 2.22 bits per heavy atom. The minimum absolute atomic E-state index is 0.170. The number of nitrogens with one attached hydrogen (secondary N) is 1. The number of aromatic carboxylic acids is 1. The van der Waals surface area contributed by atoms with Gasteiger partial charge in [-0.3, -0.25) is 4.72 Å². The maximum Gasteiger partial charge on any atom is 0.573 e. The summed E-state index contributed by atoms with van der Waals surface area (Å²) in [7, 11) is -4.33. The first-order valence-corrected chi connectivity index (χ1v) is 10.8. The first-order chi connectivity index (χ1) is 15.0. The number of alkyl halides is 3. The monoisotopic (exact) mass is 465 g/mol. The number of benzene rings is 3. The molecular formula is C22H18F3NO5S. The SMILES string of the molecule is O=C(O)c1cccc(CCc2ccc(NS(=O)(=O)c3ccccc3OC(F)(F)F)cc2)c1. The topological polar surface area (TPSA) is 92.7 Å². The highest BCUT2D eigenvalue weighted by atomic mass is 32.2. The molecule has 3 aromatic carbocycles. The number of ether oxygens (including phenoxy) is 1. The largest absolute Gasteiger partial charge is 0.573 e. The molecule has 32 heavy (non-hydrogen) atoms. The van der Waals surface area contributed by atoms with Crippen molar-refractivity contribution in [1.29, 1.82) is 0 Å². The molecule has 0 aliphatic carbocycles. The predicted octanol–water partition coefficient (Wildman–Crippen LogP) is 4.87. The standard InChI is InChI=1S/C22H18F3NO5S/c23-22(24,25)31-19-6-1-2-7-20(19)32(29,30)26-18-12-10-15(11-13-18)8-9-16-4-3-5-17(14-16)21(27)28/h1-7,10-14,26H,8-9H2,(H,27,28). The van der Waals surface area contributed by atoms with E-state index in [4.69, 9.17) is 5.11 Å². The van der Waals surface area contributed by atoms with E-state index in [2.05, 4.69) is 9.46 Å². The van der Waals surface area contributed by atoms with Crippen LogP contribution in [0.15, 0.2) is 77.7 Å². The molecule has 10 heteroatoms. The molecule has 0 radical (unpaired) electrons. The lowest BCUT2D eigenvalue weighted by molar-refractivity contribution is -0.275. The Labute approximate surface area is 182 Å². The molecule has 0 fully saturated rings. The van der Waals surface area contributed by atoms with Gasteiger partial charge in [0.2, 0.25) is 0 Å². The Bertz CT molecular complexity index is 1210. The van der Waals surface area contributed by atoms with Crippen LogP contribution >= 0.6 is 0 Å². The second-order valence-electron chi connectivity index (χ2n) is 6.80. The quantitative estimate of drug-likeness (QED) is 0.495. The minimum Gasteiger partial charge on any atom is -0.478 e. The van der Waals surface area contributed by atoms with Gasteiger partial charge in [0.1, 0.15) is 10.6 Å². The Kier molecular flexibility index (Phi) is 6.73. The molecule has 0 heterocycles. The second kappa shape index (κ2) is 9.31. The Balaban J connectivity index is 1.69. The molecule has 0 amide bonds. The van der Waals surface area contributed by atoms with E-state index >= 15 is 0 Å². The molecule has 0 unspecified atom stereocenters. The summed E-state index contributed by atoms with van der Waals surface area (Å²) in [6, 6.07) is 17.4. The molecule has 2 N–H and O–H groups in total. The third-order valence-corrected chi connectivity index (χ3v) is 5.87. The van der Waals surface area contributed by atoms with Crippen LogP contribution in [0, 0.1) is 0 Å². The van der Waals surface area contributed by atoms with Crippen LogP contribution in [0.2, 0.25) is 0 Å². The van der Waals surface area contributed by atoms with E-state index in [0.717, 1.165) is 23.3 Å². The third kappa shape index (κ3) is 6.24. The lowest BCUT2D eigenvalue weighted by Gasteiger charge is -2.14. The lowest BCUT2D eigenvalue weighted by Crippen LogP contribution is -2.20. The number of hydrogen-bond donors (Lipinski definition) is 2. The predicted molar refractivity (Wildman–Crippen MR) is 111 cm³/mol. The number of hydrogen-bond acceptors (Lipinski definition) is 4. The summed E-state index contributed by atoms with van der Waals surface area (Å²) in [4.78, 5) is 10.4. The van der Waals surface area contributed by atoms with Crippen molar-refractivity contribution in [3.8, 4) is 5.75 Å². The molecule has 3 rings (SSSR count). The molecular weight excluding hydrogens is 447 g/mol. The van der Waals surface area contributed by atoms with E-state index in [1.165, 1.54) is 30.3 Å². The fourth-order valence-corrected chi connectivity index (χ4v) is 4.17. The van der Waals surface area contributed by atoms with Crippen LogP contribution in [-0.2, 0) is 22.9 Å². The van der Waals surface area contributed by atoms with Crippen molar-refractivity contribution < 1.29 is 36.2 Å². The molecule has 0 atom stereocenters. The van der Waals surface area contributed by atoms with Crippen molar-refractivity contribution >= 4 is 21.7 Å². The minimum atomic E-state index is -5.03. The van der Waals surface area contributed by atoms with Crippen LogP contribution in [0.4, 0.5) is 18.9 Å². The van der Waals surface area contributed by atoms with Gasteiger partial charge < -0.3 is 9.84 Å². The highest BCUT2D eigenvalue weighted by molar-refractivity contribution is 7.92. The lowest BCUT2D eigenvalue weighted by atomic mass is 10.0. The fraction of sp³-hybridized carbons (Fsp3) is 0.136. The number of anilines is 1. The van der Waals surface area contributed by atoms with Crippen LogP contribution in [0.1, 0.15) is 21.5 Å². The second-order valence-corrected chi connectivity index (χ2v) is 8.45. The zero-order chi connectivity index (χ0) is 23.4. The van der Waals surface area contributed by atoms with Crippen LogP contribution in [0.3, 0.4) is 0 Å². The van der Waals surface area contributed by atoms with E-state index in [1.807, 2.05) is 6.07 Å². The van der Waals surface area contributed by atoms with Gasteiger partial charge in [0.15, 0.2) is 0 Å². The smallest absolute Gasteiger partial charge is 0.478 e. The van der Waals surface area contributed by atoms with Crippen LogP contribution in [-0.4, -0.2) is 25.9 Å². The molecule has 0 aliphatic heterocycles. The summed E-state index contributed by atoms with van der Waals surface area (Å²) in [6.07, 6.45) is -3.87. The Morgan fingerprint density at radius 2 is 1.56 bits per heavy atom. The normalized spacial score (nSPS) is 11.7. The molecule has 0 bridgehead atoms. The van der Waals surface area contributed by atoms with Gasteiger partial charge >= 0.3 is 12.3 Å². The van der Waals surface area contributed by atoms with Gasteiger partial charge in [-0.15, -0.1) is 13.2 Å². The van der Waals surface area contributed by atoms with Crippen LogP contribution in [0.5, 0.6) is 5.75 Å². The number of rotatable bonds is 8. The number of para-hydroxylation sites is 1. The molecule has 0 aromatic heterocycles. The summed E-state index contributed by atoms with van der Waals surface area (Å²) in [5.41, 5.74) is 2.08. The van der Waals surface area contributed by atoms with Gasteiger partial charge in [-0.1, -0.05) is 36.4 Å². The maximum absolute atomic E-state index is 12.6. The first kappa shape index (κ1) is 23.1. The third-order valence-electron chi connectivity index (χ3n) is 4.45. The molecule has 0 saturated heterocycles. The molecule has 0 saturated carbocycles. The number of aryl methyl sites for hydroxylation is 2. The summed E-state index contributed by atoms with van der Waals surface area (Å²) in [5, 5.41) is 9.05. The maximum atomic E-state index is 12.6. The van der Waals surface area contributed by atoms with Crippen molar-refractivity contribution in [2.45, 2.75) is 24.1 Å².